The lowest BCUT2D eigenvalue weighted by Crippen LogP contribution is -2.44. The van der Waals surface area contributed by atoms with Crippen LogP contribution in [-0.4, -0.2) is 10.1 Å². The molecule has 2 N–H and O–H groups in total. The smallest absolute Gasteiger partial charge is 0.232 e. The molecule has 110 valence electrons. The number of benzene rings is 1. The van der Waals surface area contributed by atoms with Gasteiger partial charge in [-0.25, -0.2) is 0 Å². The lowest BCUT2D eigenvalue weighted by Gasteiger charge is -2.35. The monoisotopic (exact) mass is 283 g/mol. The molecular weight excluding hydrogens is 262 g/mol. The van der Waals surface area contributed by atoms with E-state index in [0.29, 0.717) is 5.82 Å². The fourth-order valence-corrected chi connectivity index (χ4v) is 3.53. The lowest BCUT2D eigenvalue weighted by atomic mass is 9.72. The van der Waals surface area contributed by atoms with E-state index in [2.05, 4.69) is 41.3 Å². The van der Waals surface area contributed by atoms with Crippen LogP contribution < -0.4 is 5.73 Å². The first-order valence-electron chi connectivity index (χ1n) is 7.79. The van der Waals surface area contributed by atoms with Crippen molar-refractivity contribution in [3.8, 4) is 0 Å². The van der Waals surface area contributed by atoms with Crippen LogP contribution in [0.2, 0.25) is 0 Å². The van der Waals surface area contributed by atoms with Crippen molar-refractivity contribution in [1.29, 1.82) is 0 Å². The van der Waals surface area contributed by atoms with Crippen LogP contribution in [-0.2, 0) is 23.8 Å². The van der Waals surface area contributed by atoms with Crippen LogP contribution in [0.15, 0.2) is 28.8 Å². The second-order valence-corrected chi connectivity index (χ2v) is 6.94. The molecule has 1 unspecified atom stereocenters. The number of aryl methyl sites for hydroxylation is 1. The minimum absolute atomic E-state index is 0.0697. The molecule has 0 aliphatic heterocycles. The average molecular weight is 283 g/mol. The molecule has 4 rings (SSSR count). The maximum absolute atomic E-state index is 6.30. The number of nitrogens with zero attached hydrogens (tertiary/aromatic N) is 2. The van der Waals surface area contributed by atoms with E-state index < -0.39 is 0 Å². The van der Waals surface area contributed by atoms with Gasteiger partial charge in [-0.15, -0.1) is 0 Å². The van der Waals surface area contributed by atoms with Gasteiger partial charge in [0.1, 0.15) is 0 Å². The van der Waals surface area contributed by atoms with E-state index in [1.807, 2.05) is 0 Å². The summed E-state index contributed by atoms with van der Waals surface area (Å²) < 4.78 is 5.60. The summed E-state index contributed by atoms with van der Waals surface area (Å²) in [5, 5.41) is 4.18. The molecule has 21 heavy (non-hydrogen) atoms. The fraction of sp³-hybridized carbons (Fsp3) is 0.529. The summed E-state index contributed by atoms with van der Waals surface area (Å²) in [6, 6.07) is 8.64. The summed E-state index contributed by atoms with van der Waals surface area (Å²) in [5.41, 5.74) is 8.74. The van der Waals surface area contributed by atoms with Crippen molar-refractivity contribution < 1.29 is 4.52 Å². The molecule has 4 nitrogen and oxygen atoms in total. The van der Waals surface area contributed by atoms with Crippen molar-refractivity contribution in [2.24, 2.45) is 5.73 Å². The van der Waals surface area contributed by atoms with Gasteiger partial charge in [-0.3, -0.25) is 0 Å². The fourth-order valence-electron chi connectivity index (χ4n) is 3.53. The standard InChI is InChI=1S/C17H21N3O/c1-16(10-7-12-5-2-3-6-13(12)11-16)15-19-14(20-21-15)17(18)8-4-9-17/h2-3,5-6H,4,7-11,18H2,1H3. The molecule has 4 heteroatoms. The molecular formula is C17H21N3O. The highest BCUT2D eigenvalue weighted by atomic mass is 16.5. The Bertz CT molecular complexity index is 674. The van der Waals surface area contributed by atoms with Crippen molar-refractivity contribution in [1.82, 2.24) is 10.1 Å². The lowest BCUT2D eigenvalue weighted by molar-refractivity contribution is 0.225. The van der Waals surface area contributed by atoms with Gasteiger partial charge in [0.25, 0.3) is 0 Å². The van der Waals surface area contributed by atoms with Crippen molar-refractivity contribution in [3.63, 3.8) is 0 Å². The van der Waals surface area contributed by atoms with Crippen LogP contribution in [0.5, 0.6) is 0 Å². The molecule has 1 fully saturated rings. The van der Waals surface area contributed by atoms with Gasteiger partial charge in [0.05, 0.1) is 11.0 Å². The Labute approximate surface area is 124 Å². The highest BCUT2D eigenvalue weighted by molar-refractivity contribution is 5.33. The van der Waals surface area contributed by atoms with Crippen LogP contribution in [0.25, 0.3) is 0 Å². The van der Waals surface area contributed by atoms with Gasteiger partial charge in [0.15, 0.2) is 5.82 Å². The van der Waals surface area contributed by atoms with Crippen LogP contribution in [0.4, 0.5) is 0 Å². The number of hydrogen-bond acceptors (Lipinski definition) is 4. The first-order chi connectivity index (χ1) is 10.1. The highest BCUT2D eigenvalue weighted by Crippen LogP contribution is 2.40. The molecule has 2 aliphatic carbocycles. The summed E-state index contributed by atoms with van der Waals surface area (Å²) in [4.78, 5) is 4.67. The number of nitrogens with two attached hydrogens (primary N) is 1. The Balaban J connectivity index is 1.64. The van der Waals surface area contributed by atoms with Gasteiger partial charge < -0.3 is 10.3 Å². The topological polar surface area (TPSA) is 64.9 Å². The molecule has 0 saturated heterocycles. The first kappa shape index (κ1) is 13.0. The summed E-state index contributed by atoms with van der Waals surface area (Å²) in [6.45, 7) is 2.23. The largest absolute Gasteiger partial charge is 0.339 e. The molecule has 1 aromatic carbocycles. The quantitative estimate of drug-likeness (QED) is 0.920. The first-order valence-corrected chi connectivity index (χ1v) is 7.79. The van der Waals surface area contributed by atoms with Crippen LogP contribution in [0.3, 0.4) is 0 Å². The van der Waals surface area contributed by atoms with E-state index in [1.54, 1.807) is 0 Å². The Kier molecular flexibility index (Phi) is 2.73. The zero-order valence-electron chi connectivity index (χ0n) is 12.4. The molecule has 2 aliphatic rings. The Hall–Kier alpha value is -1.68. The van der Waals surface area contributed by atoms with Crippen molar-refractivity contribution >= 4 is 0 Å². The van der Waals surface area contributed by atoms with Crippen molar-refractivity contribution in [3.05, 3.63) is 47.1 Å². The molecule has 0 spiro atoms. The van der Waals surface area contributed by atoms with Gasteiger partial charge >= 0.3 is 0 Å². The zero-order chi connectivity index (χ0) is 14.5. The molecule has 0 radical (unpaired) electrons. The van der Waals surface area contributed by atoms with Gasteiger partial charge in [-0.05, 0) is 49.7 Å². The second kappa shape index (κ2) is 4.41. The third-order valence-corrected chi connectivity index (χ3v) is 5.28. The van der Waals surface area contributed by atoms with Crippen LogP contribution in [0.1, 0.15) is 55.4 Å². The third kappa shape index (κ3) is 2.01. The third-order valence-electron chi connectivity index (χ3n) is 5.28. The minimum atomic E-state index is -0.343. The summed E-state index contributed by atoms with van der Waals surface area (Å²) in [5.74, 6) is 1.45. The summed E-state index contributed by atoms with van der Waals surface area (Å²) in [7, 11) is 0. The van der Waals surface area contributed by atoms with E-state index in [-0.39, 0.29) is 11.0 Å². The Morgan fingerprint density at radius 3 is 2.62 bits per heavy atom. The van der Waals surface area contributed by atoms with Crippen molar-refractivity contribution in [2.75, 3.05) is 0 Å². The SMILES string of the molecule is CC1(c2nc(C3(N)CCC3)no2)CCc2ccccc2C1. The number of fused-ring (bicyclic) bond motifs is 1. The summed E-state index contributed by atoms with van der Waals surface area (Å²) >= 11 is 0. The molecule has 1 atom stereocenters. The second-order valence-electron chi connectivity index (χ2n) is 6.94. The average Bonchev–Trinajstić information content (AvgIpc) is 2.95. The van der Waals surface area contributed by atoms with Crippen LogP contribution >= 0.6 is 0 Å². The van der Waals surface area contributed by atoms with Crippen molar-refractivity contribution in [2.45, 2.75) is 56.4 Å². The van der Waals surface area contributed by atoms with E-state index in [4.69, 9.17) is 10.3 Å². The minimum Gasteiger partial charge on any atom is -0.339 e. The Morgan fingerprint density at radius 2 is 1.90 bits per heavy atom. The van der Waals surface area contributed by atoms with Gasteiger partial charge in [-0.2, -0.15) is 4.98 Å². The van der Waals surface area contributed by atoms with E-state index in [9.17, 15) is 0 Å². The Morgan fingerprint density at radius 1 is 1.14 bits per heavy atom. The van der Waals surface area contributed by atoms with Gasteiger partial charge in [-0.1, -0.05) is 36.3 Å². The predicted octanol–water partition coefficient (Wildman–Crippen LogP) is 2.85. The zero-order valence-corrected chi connectivity index (χ0v) is 12.4. The van der Waals surface area contributed by atoms with E-state index >= 15 is 0 Å². The van der Waals surface area contributed by atoms with Crippen LogP contribution in [0, 0.1) is 0 Å². The van der Waals surface area contributed by atoms with E-state index in [1.165, 1.54) is 11.1 Å². The number of rotatable bonds is 2. The maximum atomic E-state index is 6.30. The highest BCUT2D eigenvalue weighted by Gasteiger charge is 2.42. The number of aromatic nitrogens is 2. The van der Waals surface area contributed by atoms with Gasteiger partial charge in [0, 0.05) is 0 Å². The molecule has 1 aromatic heterocycles. The normalized spacial score (nSPS) is 27.0. The molecule has 0 bridgehead atoms. The molecule has 2 aromatic rings. The number of hydrogen-bond donors (Lipinski definition) is 1. The maximum Gasteiger partial charge on any atom is 0.232 e. The molecule has 0 amide bonds. The molecule has 1 heterocycles. The molecule has 1 saturated carbocycles. The van der Waals surface area contributed by atoms with E-state index in [0.717, 1.165) is 44.4 Å². The predicted molar refractivity (Wildman–Crippen MR) is 79.8 cm³/mol. The summed E-state index contributed by atoms with van der Waals surface area (Å²) in [6.07, 6.45) is 6.16. The van der Waals surface area contributed by atoms with Gasteiger partial charge in [0.2, 0.25) is 5.89 Å².